The van der Waals surface area contributed by atoms with Crippen LogP contribution in [0.5, 0.6) is 0 Å². The molecule has 0 aliphatic rings. The number of thiophene rings is 1. The summed E-state index contributed by atoms with van der Waals surface area (Å²) in [6.07, 6.45) is 0. The lowest BCUT2D eigenvalue weighted by molar-refractivity contribution is 0.670. The van der Waals surface area contributed by atoms with Crippen LogP contribution >= 0.6 is 11.3 Å². The van der Waals surface area contributed by atoms with Crippen molar-refractivity contribution >= 4 is 103 Å². The molecule has 0 bridgehead atoms. The molecule has 0 unspecified atom stereocenters. The van der Waals surface area contributed by atoms with Gasteiger partial charge in [-0.3, -0.25) is 0 Å². The zero-order valence-corrected chi connectivity index (χ0v) is 27.6. The maximum Gasteiger partial charge on any atom is 0.144 e. The monoisotopic (exact) mass is 657 g/mol. The summed E-state index contributed by atoms with van der Waals surface area (Å²) in [5.74, 6) is 0. The van der Waals surface area contributed by atoms with Crippen LogP contribution < -0.4 is 4.90 Å². The third-order valence-corrected chi connectivity index (χ3v) is 11.2. The van der Waals surface area contributed by atoms with Gasteiger partial charge in [-0.05, 0) is 71.6 Å². The Balaban J connectivity index is 1.13. The molecular formula is C46H27NO2S. The molecule has 11 aromatic rings. The van der Waals surface area contributed by atoms with Crippen LogP contribution in [0.4, 0.5) is 17.1 Å². The highest BCUT2D eigenvalue weighted by Crippen LogP contribution is 2.49. The van der Waals surface area contributed by atoms with Crippen molar-refractivity contribution in [2.45, 2.75) is 0 Å². The zero-order valence-electron chi connectivity index (χ0n) is 26.8. The second-order valence-corrected chi connectivity index (χ2v) is 13.9. The van der Waals surface area contributed by atoms with Crippen LogP contribution in [-0.4, -0.2) is 0 Å². The van der Waals surface area contributed by atoms with Crippen molar-refractivity contribution in [3.8, 4) is 11.1 Å². The summed E-state index contributed by atoms with van der Waals surface area (Å²) in [6, 6.07) is 58.2. The van der Waals surface area contributed by atoms with E-state index >= 15 is 0 Å². The van der Waals surface area contributed by atoms with E-state index in [0.29, 0.717) is 0 Å². The smallest absolute Gasteiger partial charge is 0.144 e. The van der Waals surface area contributed by atoms with Crippen molar-refractivity contribution in [3.05, 3.63) is 164 Å². The van der Waals surface area contributed by atoms with E-state index in [4.69, 9.17) is 8.83 Å². The van der Waals surface area contributed by atoms with Crippen LogP contribution in [0.3, 0.4) is 0 Å². The Hall–Kier alpha value is -6.36. The maximum absolute atomic E-state index is 6.89. The van der Waals surface area contributed by atoms with Gasteiger partial charge in [-0.15, -0.1) is 11.3 Å². The topological polar surface area (TPSA) is 29.5 Å². The highest BCUT2D eigenvalue weighted by Gasteiger charge is 2.22. The number of anilines is 3. The minimum Gasteiger partial charge on any atom is -0.455 e. The molecule has 0 fully saturated rings. The Morgan fingerprint density at radius 2 is 1.08 bits per heavy atom. The van der Waals surface area contributed by atoms with Crippen molar-refractivity contribution in [2.75, 3.05) is 4.90 Å². The molecule has 3 nitrogen and oxygen atoms in total. The van der Waals surface area contributed by atoms with Gasteiger partial charge >= 0.3 is 0 Å². The van der Waals surface area contributed by atoms with Gasteiger partial charge < -0.3 is 13.7 Å². The van der Waals surface area contributed by atoms with E-state index in [0.717, 1.165) is 82.8 Å². The third-order valence-electron chi connectivity index (χ3n) is 10.1. The molecule has 0 aliphatic heterocycles. The average molecular weight is 658 g/mol. The van der Waals surface area contributed by atoms with Crippen molar-refractivity contribution in [1.82, 2.24) is 0 Å². The lowest BCUT2D eigenvalue weighted by Gasteiger charge is -2.26. The van der Waals surface area contributed by atoms with Gasteiger partial charge in [-0.25, -0.2) is 0 Å². The number of benzene rings is 8. The standard InChI is InChI=1S/C46H27NO2S/c1-2-11-30(12-3-1)47(31-23-20-29(21-24-31)33-15-8-16-35-34-14-6-7-18-39(34)48-44(33)35)38-17-9-19-40-42(38)43-41(50-40)27-26-37-36-25-22-28-10-4-5-13-32(28)45(36)49-46(37)43/h1-27H. The van der Waals surface area contributed by atoms with E-state index < -0.39 is 0 Å². The van der Waals surface area contributed by atoms with Gasteiger partial charge in [0.15, 0.2) is 0 Å². The van der Waals surface area contributed by atoms with E-state index in [1.165, 1.54) is 20.2 Å². The molecule has 0 spiro atoms. The predicted octanol–water partition coefficient (Wildman–Crippen LogP) is 14.1. The first kappa shape index (κ1) is 27.6. The molecular weight excluding hydrogens is 631 g/mol. The fourth-order valence-electron chi connectivity index (χ4n) is 7.80. The summed E-state index contributed by atoms with van der Waals surface area (Å²) in [5.41, 5.74) is 9.19. The summed E-state index contributed by atoms with van der Waals surface area (Å²) in [5, 5.41) is 9.23. The van der Waals surface area contributed by atoms with Crippen LogP contribution in [0.1, 0.15) is 0 Å². The van der Waals surface area contributed by atoms with Gasteiger partial charge in [0, 0.05) is 64.0 Å². The summed E-state index contributed by atoms with van der Waals surface area (Å²) in [7, 11) is 0. The molecule has 0 atom stereocenters. The Morgan fingerprint density at radius 3 is 1.98 bits per heavy atom. The van der Waals surface area contributed by atoms with E-state index in [-0.39, 0.29) is 0 Å². The molecule has 0 amide bonds. The molecule has 0 N–H and O–H groups in total. The zero-order chi connectivity index (χ0) is 32.8. The van der Waals surface area contributed by atoms with Crippen LogP contribution in [0.25, 0.3) is 85.9 Å². The SMILES string of the molecule is c1ccc(N(c2ccc(-c3cccc4c3oc3ccccc34)cc2)c2cccc3sc4ccc5c6ccc7ccccc7c6oc5c4c23)cc1. The lowest BCUT2D eigenvalue weighted by atomic mass is 10.0. The number of furan rings is 2. The Bertz CT molecular complexity index is 3090. The molecule has 50 heavy (non-hydrogen) atoms. The normalized spacial score (nSPS) is 12.0. The molecule has 0 saturated carbocycles. The maximum atomic E-state index is 6.89. The van der Waals surface area contributed by atoms with Gasteiger partial charge in [-0.2, -0.15) is 0 Å². The predicted molar refractivity (Wildman–Crippen MR) is 212 cm³/mol. The number of rotatable bonds is 4. The van der Waals surface area contributed by atoms with Gasteiger partial charge in [0.25, 0.3) is 0 Å². The molecule has 0 saturated heterocycles. The first-order valence-corrected chi connectivity index (χ1v) is 17.7. The average Bonchev–Trinajstić information content (AvgIpc) is 3.87. The number of nitrogens with zero attached hydrogens (tertiary/aromatic N) is 1. The van der Waals surface area contributed by atoms with Gasteiger partial charge in [0.1, 0.15) is 22.3 Å². The van der Waals surface area contributed by atoms with E-state index in [1.807, 2.05) is 23.5 Å². The molecule has 3 heterocycles. The fourth-order valence-corrected chi connectivity index (χ4v) is 8.93. The first-order valence-electron chi connectivity index (χ1n) is 16.8. The summed E-state index contributed by atoms with van der Waals surface area (Å²) in [6.45, 7) is 0. The first-order chi connectivity index (χ1) is 24.8. The van der Waals surface area contributed by atoms with Crippen molar-refractivity contribution < 1.29 is 8.83 Å². The second-order valence-electron chi connectivity index (χ2n) is 12.8. The molecule has 234 valence electrons. The minimum absolute atomic E-state index is 0.907. The minimum atomic E-state index is 0.907. The molecule has 0 radical (unpaired) electrons. The number of para-hydroxylation sites is 3. The van der Waals surface area contributed by atoms with E-state index in [9.17, 15) is 0 Å². The van der Waals surface area contributed by atoms with E-state index in [2.05, 4.69) is 157 Å². The van der Waals surface area contributed by atoms with E-state index in [1.54, 1.807) is 0 Å². The number of fused-ring (bicyclic) bond motifs is 12. The van der Waals surface area contributed by atoms with Crippen LogP contribution in [-0.2, 0) is 0 Å². The van der Waals surface area contributed by atoms with Crippen LogP contribution in [0.2, 0.25) is 0 Å². The van der Waals surface area contributed by atoms with Crippen molar-refractivity contribution in [2.24, 2.45) is 0 Å². The number of hydrogen-bond acceptors (Lipinski definition) is 4. The van der Waals surface area contributed by atoms with Gasteiger partial charge in [0.05, 0.1) is 5.69 Å². The Kier molecular flexibility index (Phi) is 5.83. The molecule has 0 aliphatic carbocycles. The lowest BCUT2D eigenvalue weighted by Crippen LogP contribution is -2.10. The van der Waals surface area contributed by atoms with Crippen LogP contribution in [0, 0.1) is 0 Å². The fraction of sp³-hybridized carbons (Fsp3) is 0. The summed E-state index contributed by atoms with van der Waals surface area (Å²) < 4.78 is 15.7. The third kappa shape index (κ3) is 3.97. The van der Waals surface area contributed by atoms with Crippen molar-refractivity contribution in [1.29, 1.82) is 0 Å². The molecule has 8 aromatic carbocycles. The van der Waals surface area contributed by atoms with Crippen LogP contribution in [0.15, 0.2) is 173 Å². The quantitative estimate of drug-likeness (QED) is 0.189. The highest BCUT2D eigenvalue weighted by atomic mass is 32.1. The molecule has 3 aromatic heterocycles. The highest BCUT2D eigenvalue weighted by molar-refractivity contribution is 7.26. The Morgan fingerprint density at radius 1 is 0.400 bits per heavy atom. The molecule has 4 heteroatoms. The Labute approximate surface area is 290 Å². The van der Waals surface area contributed by atoms with Gasteiger partial charge in [-0.1, -0.05) is 103 Å². The second kappa shape index (κ2) is 10.6. The summed E-state index contributed by atoms with van der Waals surface area (Å²) >= 11 is 1.82. The van der Waals surface area contributed by atoms with Crippen molar-refractivity contribution in [3.63, 3.8) is 0 Å². The summed E-state index contributed by atoms with van der Waals surface area (Å²) in [4.78, 5) is 2.37. The van der Waals surface area contributed by atoms with Gasteiger partial charge in [0.2, 0.25) is 0 Å². The number of hydrogen-bond donors (Lipinski definition) is 0. The molecule has 11 rings (SSSR count). The largest absolute Gasteiger partial charge is 0.455 e.